The molecule has 6 amide bonds. The van der Waals surface area contributed by atoms with E-state index in [0.717, 1.165) is 0 Å². The second-order valence-electron chi connectivity index (χ2n) is 14.8. The molecule has 26 nitrogen and oxygen atoms in total. The number of aliphatic imine (C=N–C) groups is 2. The van der Waals surface area contributed by atoms with Crippen LogP contribution in [-0.2, 0) is 51.2 Å². The number of aromatic amines is 1. The van der Waals surface area contributed by atoms with Gasteiger partial charge < -0.3 is 80.9 Å². The molecule has 0 saturated heterocycles. The average molecular weight is 902 g/mol. The van der Waals surface area contributed by atoms with Crippen molar-refractivity contribution in [1.29, 1.82) is 0 Å². The Morgan fingerprint density at radius 2 is 1.27 bits per heavy atom. The first-order valence-electron chi connectivity index (χ1n) is 20.0. The van der Waals surface area contributed by atoms with Crippen LogP contribution < -0.4 is 60.6 Å². The number of hydrogen-bond donors (Lipinski definition) is 15. The topological polar surface area (TPSA) is 453 Å². The number of guanidine groups is 2. The molecule has 0 unspecified atom stereocenters. The molecule has 26 heteroatoms. The van der Waals surface area contributed by atoms with Gasteiger partial charge in [0.1, 0.15) is 36.0 Å². The maximum absolute atomic E-state index is 13.6. The lowest BCUT2D eigenvalue weighted by Crippen LogP contribution is -2.59. The van der Waals surface area contributed by atoms with Crippen LogP contribution >= 0.6 is 0 Å². The van der Waals surface area contributed by atoms with Crippen molar-refractivity contribution >= 4 is 59.3 Å². The maximum Gasteiger partial charge on any atom is 0.326 e. The van der Waals surface area contributed by atoms with E-state index in [1.54, 1.807) is 13.8 Å². The van der Waals surface area contributed by atoms with Crippen molar-refractivity contribution in [2.24, 2.45) is 44.6 Å². The number of rotatable bonds is 28. The van der Waals surface area contributed by atoms with Crippen molar-refractivity contribution in [3.8, 4) is 5.75 Å². The summed E-state index contributed by atoms with van der Waals surface area (Å²) < 4.78 is 0. The number of aromatic nitrogens is 2. The molecular formula is C38H59N15O11. The summed E-state index contributed by atoms with van der Waals surface area (Å²) in [6.45, 7) is 2.85. The SMILES string of the molecule is CC(C)[C@H](NC(=O)[C@H](CCCN=C(N)N)NC(=O)[C@@H](N)CCCN=C(N)N)C(=O)NCC(=O)N[C@@H](Cc1cnc[nH]1)C(=O)N[C@@H](CC(=O)O)C(=O)N[C@@H](Cc1ccc(O)cc1)C(=O)O. The van der Waals surface area contributed by atoms with Gasteiger partial charge in [-0.3, -0.25) is 43.5 Å². The number of carboxylic acid groups (broad SMARTS) is 2. The number of nitrogens with two attached hydrogens (primary N) is 5. The second kappa shape index (κ2) is 26.7. The molecule has 2 rings (SSSR count). The monoisotopic (exact) mass is 901 g/mol. The number of aromatic hydroxyl groups is 1. The van der Waals surface area contributed by atoms with Gasteiger partial charge in [-0.25, -0.2) is 9.78 Å². The fourth-order valence-corrected chi connectivity index (χ4v) is 5.83. The predicted octanol–water partition coefficient (Wildman–Crippen LogP) is -4.91. The minimum Gasteiger partial charge on any atom is -0.508 e. The number of phenolic OH excluding ortho intramolecular Hbond substituents is 1. The second-order valence-corrected chi connectivity index (χ2v) is 14.8. The highest BCUT2D eigenvalue weighted by Crippen LogP contribution is 2.12. The number of benzene rings is 1. The Kier molecular flexibility index (Phi) is 22.0. The molecule has 64 heavy (non-hydrogen) atoms. The molecule has 6 atom stereocenters. The molecular weight excluding hydrogens is 843 g/mol. The van der Waals surface area contributed by atoms with Crippen LogP contribution in [0, 0.1) is 5.92 Å². The first-order valence-corrected chi connectivity index (χ1v) is 20.0. The number of H-pyrrole nitrogens is 1. The Morgan fingerprint density at radius 3 is 1.81 bits per heavy atom. The average Bonchev–Trinajstić information content (AvgIpc) is 3.74. The van der Waals surface area contributed by atoms with Gasteiger partial charge in [-0.1, -0.05) is 26.0 Å². The minimum absolute atomic E-state index is 0.0403. The number of carbonyl (C=O) groups excluding carboxylic acids is 6. The van der Waals surface area contributed by atoms with E-state index in [4.69, 9.17) is 28.7 Å². The molecule has 0 aliphatic carbocycles. The molecule has 0 saturated carbocycles. The summed E-state index contributed by atoms with van der Waals surface area (Å²) in [6, 6.07) is -2.86. The summed E-state index contributed by atoms with van der Waals surface area (Å²) in [6.07, 6.45) is 1.98. The Hall–Kier alpha value is -7.51. The summed E-state index contributed by atoms with van der Waals surface area (Å²) in [5, 5.41) is 43.3. The fraction of sp³-hybridized carbons (Fsp3) is 0.500. The van der Waals surface area contributed by atoms with E-state index in [-0.39, 0.29) is 62.9 Å². The Bertz CT molecular complexity index is 1950. The van der Waals surface area contributed by atoms with Crippen LogP contribution in [0.5, 0.6) is 5.75 Å². The number of hydrogen-bond acceptors (Lipinski definition) is 13. The number of phenols is 1. The van der Waals surface area contributed by atoms with Crippen molar-refractivity contribution in [3.05, 3.63) is 48.0 Å². The quantitative estimate of drug-likeness (QED) is 0.0216. The van der Waals surface area contributed by atoms with Gasteiger partial charge in [-0.15, -0.1) is 0 Å². The Labute approximate surface area is 367 Å². The van der Waals surface area contributed by atoms with Crippen molar-refractivity contribution in [2.75, 3.05) is 19.6 Å². The molecule has 0 bridgehead atoms. The number of carbonyl (C=O) groups is 8. The van der Waals surface area contributed by atoms with Crippen molar-refractivity contribution < 1.29 is 53.7 Å². The van der Waals surface area contributed by atoms with E-state index in [1.807, 2.05) is 0 Å². The highest BCUT2D eigenvalue weighted by molar-refractivity contribution is 5.97. The van der Waals surface area contributed by atoms with Gasteiger partial charge in [-0.2, -0.15) is 0 Å². The lowest BCUT2D eigenvalue weighted by molar-refractivity contribution is -0.143. The van der Waals surface area contributed by atoms with E-state index < -0.39 is 103 Å². The third kappa shape index (κ3) is 19.9. The van der Waals surface area contributed by atoms with Gasteiger partial charge in [0.15, 0.2) is 11.9 Å². The van der Waals surface area contributed by atoms with Crippen LogP contribution in [0.25, 0.3) is 0 Å². The summed E-state index contributed by atoms with van der Waals surface area (Å²) >= 11 is 0. The zero-order chi connectivity index (χ0) is 47.9. The van der Waals surface area contributed by atoms with Crippen molar-refractivity contribution in [2.45, 2.75) is 95.0 Å². The molecule has 20 N–H and O–H groups in total. The van der Waals surface area contributed by atoms with Crippen LogP contribution in [0.15, 0.2) is 46.8 Å². The number of aliphatic carboxylic acids is 2. The van der Waals surface area contributed by atoms with Crippen LogP contribution in [0.1, 0.15) is 57.2 Å². The molecule has 1 aromatic carbocycles. The van der Waals surface area contributed by atoms with E-state index >= 15 is 0 Å². The van der Waals surface area contributed by atoms with E-state index in [2.05, 4.69) is 51.9 Å². The van der Waals surface area contributed by atoms with Crippen LogP contribution in [0.4, 0.5) is 0 Å². The van der Waals surface area contributed by atoms with Crippen LogP contribution in [-0.4, -0.2) is 140 Å². The van der Waals surface area contributed by atoms with Gasteiger partial charge in [0.2, 0.25) is 35.4 Å². The third-order valence-corrected chi connectivity index (χ3v) is 9.19. The number of imidazole rings is 1. The molecule has 0 spiro atoms. The number of amides is 6. The summed E-state index contributed by atoms with van der Waals surface area (Å²) in [5.74, 6) is -9.26. The molecule has 1 heterocycles. The molecule has 1 aromatic heterocycles. The molecule has 352 valence electrons. The lowest BCUT2D eigenvalue weighted by Gasteiger charge is -2.26. The Balaban J connectivity index is 2.18. The first kappa shape index (κ1) is 52.6. The lowest BCUT2D eigenvalue weighted by atomic mass is 10.0. The van der Waals surface area contributed by atoms with E-state index in [0.29, 0.717) is 17.7 Å². The van der Waals surface area contributed by atoms with Gasteiger partial charge in [-0.05, 0) is 49.3 Å². The van der Waals surface area contributed by atoms with Crippen molar-refractivity contribution in [3.63, 3.8) is 0 Å². The Morgan fingerprint density at radius 1 is 0.703 bits per heavy atom. The largest absolute Gasteiger partial charge is 0.508 e. The zero-order valence-electron chi connectivity index (χ0n) is 35.4. The van der Waals surface area contributed by atoms with E-state index in [1.165, 1.54) is 36.8 Å². The fourth-order valence-electron chi connectivity index (χ4n) is 5.83. The van der Waals surface area contributed by atoms with Crippen LogP contribution in [0.3, 0.4) is 0 Å². The molecule has 2 aromatic rings. The summed E-state index contributed by atoms with van der Waals surface area (Å²) in [7, 11) is 0. The summed E-state index contributed by atoms with van der Waals surface area (Å²) in [4.78, 5) is 118. The molecule has 0 fully saturated rings. The van der Waals surface area contributed by atoms with Gasteiger partial charge in [0.05, 0.1) is 25.3 Å². The predicted molar refractivity (Wildman–Crippen MR) is 229 cm³/mol. The van der Waals surface area contributed by atoms with Crippen molar-refractivity contribution in [1.82, 2.24) is 41.9 Å². The first-order chi connectivity index (χ1) is 30.2. The minimum atomic E-state index is -1.81. The highest BCUT2D eigenvalue weighted by Gasteiger charge is 2.33. The highest BCUT2D eigenvalue weighted by atomic mass is 16.4. The van der Waals surface area contributed by atoms with Gasteiger partial charge >= 0.3 is 11.9 Å². The number of nitrogens with one attached hydrogen (secondary N) is 7. The standard InChI is InChI=1S/C38H59N15O11/c1-19(2)30(53-32(59)24(6-4-12-46-38(42)43)50-31(58)23(39)5-3-11-45-37(40)41)35(62)47-17-28(55)49-25(14-21-16-44-18-48-21)33(60)51-26(15-29(56)57)34(61)52-27(36(63)64)13-20-7-9-22(54)10-8-20/h7-10,16,18-19,23-27,30,54H,3-6,11-15,17,39H2,1-2H3,(H,44,48)(H,47,62)(H,49,55)(H,50,58)(H,51,60)(H,52,61)(H,53,59)(H,56,57)(H,63,64)(H4,40,41,45)(H4,42,43,46)/t23-,24-,25-,26-,27-,30-/m0/s1. The zero-order valence-corrected chi connectivity index (χ0v) is 35.4. The van der Waals surface area contributed by atoms with Gasteiger partial charge in [0, 0.05) is 37.8 Å². The number of nitrogens with zero attached hydrogens (tertiary/aromatic N) is 3. The molecule has 0 aliphatic rings. The van der Waals surface area contributed by atoms with Gasteiger partial charge in [0.25, 0.3) is 0 Å². The maximum atomic E-state index is 13.6. The third-order valence-electron chi connectivity index (χ3n) is 9.19. The molecule has 0 radical (unpaired) electrons. The normalized spacial score (nSPS) is 13.6. The van der Waals surface area contributed by atoms with E-state index in [9.17, 15) is 53.7 Å². The van der Waals surface area contributed by atoms with Crippen LogP contribution in [0.2, 0.25) is 0 Å². The summed E-state index contributed by atoms with van der Waals surface area (Å²) in [5.41, 5.74) is 28.2. The number of carboxylic acids is 2. The molecule has 0 aliphatic heterocycles. The smallest absolute Gasteiger partial charge is 0.326 e.